The summed E-state index contributed by atoms with van der Waals surface area (Å²) in [5, 5.41) is 0. The second kappa shape index (κ2) is 21.5. The van der Waals surface area contributed by atoms with E-state index < -0.39 is 42.8 Å². The molecule has 0 aliphatic carbocycles. The predicted octanol–water partition coefficient (Wildman–Crippen LogP) is 8.92. The molecule has 0 spiro atoms. The fraction of sp³-hybridized carbons (Fsp3) is 1.00. The van der Waals surface area contributed by atoms with Crippen LogP contribution in [0.1, 0.15) is 90.4 Å². The van der Waals surface area contributed by atoms with Crippen LogP contribution in [0.2, 0.25) is 65.0 Å². The summed E-state index contributed by atoms with van der Waals surface area (Å²) in [6.07, 6.45) is 17.9. The minimum Gasteiger partial charge on any atom is -0.437 e. The molecule has 0 heterocycles. The van der Waals surface area contributed by atoms with Crippen molar-refractivity contribution in [1.82, 2.24) is 0 Å². The molecule has 12 heteroatoms. The van der Waals surface area contributed by atoms with Crippen molar-refractivity contribution in [2.24, 2.45) is 0 Å². The van der Waals surface area contributed by atoms with Gasteiger partial charge in [-0.2, -0.15) is 0 Å². The van der Waals surface area contributed by atoms with Crippen LogP contribution in [0.25, 0.3) is 0 Å². The maximum atomic E-state index is 9.84. The highest BCUT2D eigenvalue weighted by molar-refractivity contribution is 6.88. The van der Waals surface area contributed by atoms with Crippen LogP contribution < -0.4 is 0 Å². The highest BCUT2D eigenvalue weighted by Crippen LogP contribution is 2.23. The Morgan fingerprint density at radius 1 is 0.462 bits per heavy atom. The standard InChI is InChI=1S/C18H40O3Si.C9H28O4Si4/c1-5-6-7-8-9-10-11-12-13-14-15-16-17-18-22(19-2,20-3)21-4;1-14(2,3)11-16(6,7)13-17(8,9)12-15(4,5)10/h5-18H2,1-4H3;10H,1-9H3. The minimum absolute atomic E-state index is 0.939. The third-order valence-corrected chi connectivity index (χ3v) is 21.2. The first-order valence-electron chi connectivity index (χ1n) is 15.3. The fourth-order valence-corrected chi connectivity index (χ4v) is 23.2. The van der Waals surface area contributed by atoms with Gasteiger partial charge >= 0.3 is 34.5 Å². The summed E-state index contributed by atoms with van der Waals surface area (Å²) in [6.45, 7) is 20.3. The van der Waals surface area contributed by atoms with Crippen molar-refractivity contribution in [3.63, 3.8) is 0 Å². The van der Waals surface area contributed by atoms with E-state index in [-0.39, 0.29) is 0 Å². The van der Waals surface area contributed by atoms with E-state index in [9.17, 15) is 4.80 Å². The number of hydrogen-bond acceptors (Lipinski definition) is 7. The molecule has 0 fully saturated rings. The Morgan fingerprint density at radius 3 is 1.10 bits per heavy atom. The molecule has 1 N–H and O–H groups in total. The first-order chi connectivity index (χ1) is 17.9. The lowest BCUT2D eigenvalue weighted by molar-refractivity contribution is 0.122. The Labute approximate surface area is 249 Å². The molecule has 0 aliphatic rings. The van der Waals surface area contributed by atoms with Gasteiger partial charge in [0, 0.05) is 27.4 Å². The van der Waals surface area contributed by atoms with Gasteiger partial charge in [-0.1, -0.05) is 84.0 Å². The van der Waals surface area contributed by atoms with E-state index in [1.54, 1.807) is 34.4 Å². The molecule has 0 saturated heterocycles. The van der Waals surface area contributed by atoms with Crippen molar-refractivity contribution < 1.29 is 30.4 Å². The highest BCUT2D eigenvalue weighted by Gasteiger charge is 2.42. The van der Waals surface area contributed by atoms with E-state index in [1.807, 2.05) is 13.1 Å². The van der Waals surface area contributed by atoms with Crippen molar-refractivity contribution in [3.05, 3.63) is 0 Å². The molecule has 0 saturated carbocycles. The maximum Gasteiger partial charge on any atom is 0.500 e. The first-order valence-corrected chi connectivity index (χ1v) is 29.2. The molecule has 0 aromatic rings. The summed E-state index contributed by atoms with van der Waals surface area (Å²) in [6, 6.07) is 0.939. The molecular weight excluding hydrogens is 577 g/mol. The molecule has 0 amide bonds. The summed E-state index contributed by atoms with van der Waals surface area (Å²) in [5.74, 6) is 0. The highest BCUT2D eigenvalue weighted by atomic mass is 28.5. The van der Waals surface area contributed by atoms with Crippen LogP contribution in [0, 0.1) is 0 Å². The number of unbranched alkanes of at least 4 members (excludes halogenated alkanes) is 12. The van der Waals surface area contributed by atoms with Gasteiger partial charge in [0.1, 0.15) is 0 Å². The third kappa shape index (κ3) is 27.4. The zero-order valence-electron chi connectivity index (χ0n) is 28.3. The molecular formula is C27H68O7Si5. The van der Waals surface area contributed by atoms with E-state index >= 15 is 0 Å². The smallest absolute Gasteiger partial charge is 0.437 e. The lowest BCUT2D eigenvalue weighted by atomic mass is 10.1. The minimum atomic E-state index is -2.54. The van der Waals surface area contributed by atoms with Crippen molar-refractivity contribution in [3.8, 4) is 0 Å². The molecule has 0 radical (unpaired) electrons. The van der Waals surface area contributed by atoms with Crippen molar-refractivity contribution in [2.75, 3.05) is 21.3 Å². The summed E-state index contributed by atoms with van der Waals surface area (Å²) < 4.78 is 34.3. The topological polar surface area (TPSA) is 75.6 Å². The third-order valence-electron chi connectivity index (χ3n) is 6.06. The predicted molar refractivity (Wildman–Crippen MR) is 179 cm³/mol. The van der Waals surface area contributed by atoms with Crippen molar-refractivity contribution in [2.45, 2.75) is 155 Å². The monoisotopic (exact) mass is 644 g/mol. The molecule has 0 atom stereocenters. The fourth-order valence-electron chi connectivity index (χ4n) is 4.89. The number of rotatable bonds is 23. The zero-order chi connectivity index (χ0) is 30.6. The average molecular weight is 645 g/mol. The lowest BCUT2D eigenvalue weighted by Crippen LogP contribution is -2.55. The van der Waals surface area contributed by atoms with E-state index in [4.69, 9.17) is 25.6 Å². The van der Waals surface area contributed by atoms with Gasteiger partial charge in [-0.25, -0.2) is 0 Å². The normalized spacial score (nSPS) is 13.4. The molecule has 0 aliphatic heterocycles. The van der Waals surface area contributed by atoms with E-state index in [0.29, 0.717) is 0 Å². The second-order valence-electron chi connectivity index (χ2n) is 13.0. The van der Waals surface area contributed by atoms with Gasteiger partial charge in [-0.3, -0.25) is 0 Å². The molecule has 0 bridgehead atoms. The van der Waals surface area contributed by atoms with Crippen LogP contribution in [0.4, 0.5) is 0 Å². The number of hydrogen-bond donors (Lipinski definition) is 1. The molecule has 39 heavy (non-hydrogen) atoms. The van der Waals surface area contributed by atoms with Crippen LogP contribution in [0.3, 0.4) is 0 Å². The summed E-state index contributed by atoms with van der Waals surface area (Å²) in [5.41, 5.74) is 0. The molecule has 0 aromatic heterocycles. The largest absolute Gasteiger partial charge is 0.500 e. The van der Waals surface area contributed by atoms with Gasteiger partial charge in [0.2, 0.25) is 0 Å². The second-order valence-corrected chi connectivity index (χ2v) is 31.2. The van der Waals surface area contributed by atoms with Crippen LogP contribution in [-0.4, -0.2) is 68.9 Å². The van der Waals surface area contributed by atoms with Crippen LogP contribution in [0.5, 0.6) is 0 Å². The van der Waals surface area contributed by atoms with Crippen LogP contribution >= 0.6 is 0 Å². The Morgan fingerprint density at radius 2 is 0.795 bits per heavy atom. The Kier molecular flexibility index (Phi) is 23.1. The van der Waals surface area contributed by atoms with Gasteiger partial charge in [0.15, 0.2) is 8.32 Å². The molecule has 0 unspecified atom stereocenters. The summed E-state index contributed by atoms with van der Waals surface area (Å²) in [4.78, 5) is 9.84. The molecule has 7 nitrogen and oxygen atoms in total. The van der Waals surface area contributed by atoms with Gasteiger partial charge < -0.3 is 30.4 Å². The molecule has 238 valence electrons. The Bertz CT molecular complexity index is 544. The molecule has 0 aromatic carbocycles. The summed E-state index contributed by atoms with van der Waals surface area (Å²) in [7, 11) is -5.83. The Balaban J connectivity index is 0. The molecule has 0 rings (SSSR count). The van der Waals surface area contributed by atoms with E-state index in [1.165, 1.54) is 77.0 Å². The van der Waals surface area contributed by atoms with Crippen LogP contribution in [-0.2, 0) is 25.6 Å². The van der Waals surface area contributed by atoms with Gasteiger partial charge in [-0.05, 0) is 65.3 Å². The SMILES string of the molecule is CCCCCCCCCCCCCCC[Si](OC)(OC)OC.C[Si](C)(C)O[Si](C)(C)O[Si](C)(C)O[Si](C)(C)O. The zero-order valence-corrected chi connectivity index (χ0v) is 33.3. The van der Waals surface area contributed by atoms with E-state index in [0.717, 1.165) is 12.5 Å². The summed E-state index contributed by atoms with van der Waals surface area (Å²) >= 11 is 0. The average Bonchev–Trinajstić information content (AvgIpc) is 2.76. The Hall–Kier alpha value is 0.804. The van der Waals surface area contributed by atoms with Crippen molar-refractivity contribution >= 4 is 42.8 Å². The van der Waals surface area contributed by atoms with Gasteiger partial charge in [-0.15, -0.1) is 0 Å². The van der Waals surface area contributed by atoms with E-state index in [2.05, 4.69) is 39.7 Å². The first kappa shape index (κ1) is 41.9. The van der Waals surface area contributed by atoms with Crippen molar-refractivity contribution in [1.29, 1.82) is 0 Å². The lowest BCUT2D eigenvalue weighted by Gasteiger charge is -2.38. The maximum absolute atomic E-state index is 9.84. The quantitative estimate of drug-likeness (QED) is 0.0879. The van der Waals surface area contributed by atoms with Gasteiger partial charge in [0.05, 0.1) is 0 Å². The van der Waals surface area contributed by atoms with Gasteiger partial charge in [0.25, 0.3) is 0 Å². The van der Waals surface area contributed by atoms with Crippen LogP contribution in [0.15, 0.2) is 0 Å².